The Balaban J connectivity index is 1.71. The monoisotopic (exact) mass is 597 g/mol. The summed E-state index contributed by atoms with van der Waals surface area (Å²) >= 11 is 6.23. The molecule has 1 aliphatic rings. The van der Waals surface area contributed by atoms with Gasteiger partial charge in [-0.05, 0) is 67.3 Å². The van der Waals surface area contributed by atoms with Gasteiger partial charge in [0.1, 0.15) is 18.3 Å². The lowest BCUT2D eigenvalue weighted by Crippen LogP contribution is -2.53. The molecule has 1 aliphatic carbocycles. The Morgan fingerprint density at radius 3 is 2.37 bits per heavy atom. The van der Waals surface area contributed by atoms with Gasteiger partial charge in [-0.2, -0.15) is 0 Å². The molecule has 1 N–H and O–H groups in total. The van der Waals surface area contributed by atoms with Crippen molar-refractivity contribution in [1.29, 1.82) is 0 Å². The van der Waals surface area contributed by atoms with Crippen molar-refractivity contribution in [3.63, 3.8) is 0 Å². The molecule has 3 aromatic carbocycles. The van der Waals surface area contributed by atoms with Gasteiger partial charge < -0.3 is 15.0 Å². The molecule has 8 nitrogen and oxygen atoms in total. The Morgan fingerprint density at radius 2 is 1.71 bits per heavy atom. The molecule has 4 rings (SSSR count). The summed E-state index contributed by atoms with van der Waals surface area (Å²) < 4.78 is 34.1. The summed E-state index contributed by atoms with van der Waals surface area (Å²) in [7, 11) is -2.59. The zero-order valence-electron chi connectivity index (χ0n) is 23.3. The second kappa shape index (κ2) is 13.9. The zero-order chi connectivity index (χ0) is 29.4. The first kappa shape index (κ1) is 30.4. The molecule has 3 aromatic rings. The highest BCUT2D eigenvalue weighted by molar-refractivity contribution is 7.92. The van der Waals surface area contributed by atoms with E-state index in [4.69, 9.17) is 16.3 Å². The normalized spacial score (nSPS) is 14.3. The standard InChI is InChI=1S/C31H36ClN3O5S/c1-3-29(31(37)33-25-13-7-8-14-25)34(21-23-11-9-16-27(19-23)40-2)30(36)22-35(26-15-10-12-24(32)20-26)41(38,39)28-17-5-4-6-18-28/h4-6,9-12,15-20,25,29H,3,7-8,13-14,21-22H2,1-2H3,(H,33,37)/t29-/m0/s1. The minimum Gasteiger partial charge on any atom is -0.497 e. The van der Waals surface area contributed by atoms with Crippen LogP contribution in [0.1, 0.15) is 44.6 Å². The van der Waals surface area contributed by atoms with Gasteiger partial charge in [0.05, 0.1) is 17.7 Å². The fourth-order valence-electron chi connectivity index (χ4n) is 5.13. The van der Waals surface area contributed by atoms with E-state index in [1.165, 1.54) is 23.1 Å². The molecule has 1 atom stereocenters. The average Bonchev–Trinajstić information content (AvgIpc) is 3.49. The van der Waals surface area contributed by atoms with Crippen LogP contribution in [0.3, 0.4) is 0 Å². The van der Waals surface area contributed by atoms with Crippen molar-refractivity contribution in [1.82, 2.24) is 10.2 Å². The van der Waals surface area contributed by atoms with E-state index in [2.05, 4.69) is 5.32 Å². The van der Waals surface area contributed by atoms with Crippen molar-refractivity contribution in [2.24, 2.45) is 0 Å². The fraction of sp³-hybridized carbons (Fsp3) is 0.355. The lowest BCUT2D eigenvalue weighted by Gasteiger charge is -2.34. The molecule has 1 saturated carbocycles. The molecule has 2 amide bonds. The van der Waals surface area contributed by atoms with Crippen molar-refractivity contribution in [2.45, 2.75) is 62.6 Å². The number of amides is 2. The summed E-state index contributed by atoms with van der Waals surface area (Å²) in [6.07, 6.45) is 4.28. The number of ether oxygens (including phenoxy) is 1. The highest BCUT2D eigenvalue weighted by Gasteiger charge is 2.34. The molecule has 1 fully saturated rings. The van der Waals surface area contributed by atoms with E-state index in [-0.39, 0.29) is 29.1 Å². The van der Waals surface area contributed by atoms with Crippen LogP contribution in [0.15, 0.2) is 83.8 Å². The fourth-order valence-corrected chi connectivity index (χ4v) is 6.75. The van der Waals surface area contributed by atoms with Gasteiger partial charge in [0.25, 0.3) is 10.0 Å². The molecule has 218 valence electrons. The topological polar surface area (TPSA) is 96.0 Å². The van der Waals surface area contributed by atoms with E-state index in [9.17, 15) is 18.0 Å². The quantitative estimate of drug-likeness (QED) is 0.301. The van der Waals surface area contributed by atoms with E-state index in [0.717, 1.165) is 35.6 Å². The third-order valence-electron chi connectivity index (χ3n) is 7.28. The van der Waals surface area contributed by atoms with Crippen LogP contribution < -0.4 is 14.4 Å². The minimum atomic E-state index is -4.15. The van der Waals surface area contributed by atoms with E-state index < -0.39 is 28.5 Å². The molecule has 0 unspecified atom stereocenters. The molecule has 41 heavy (non-hydrogen) atoms. The summed E-state index contributed by atoms with van der Waals surface area (Å²) in [5.41, 5.74) is 1.00. The molecule has 0 radical (unpaired) electrons. The molecule has 0 spiro atoms. The number of methoxy groups -OCH3 is 1. The van der Waals surface area contributed by atoms with Gasteiger partial charge in [0, 0.05) is 17.6 Å². The molecular weight excluding hydrogens is 562 g/mol. The van der Waals surface area contributed by atoms with Crippen LogP contribution in [0.25, 0.3) is 0 Å². The molecule has 10 heteroatoms. The van der Waals surface area contributed by atoms with Crippen LogP contribution >= 0.6 is 11.6 Å². The van der Waals surface area contributed by atoms with Gasteiger partial charge in [-0.1, -0.05) is 67.8 Å². The Bertz CT molecular complexity index is 1440. The molecule has 0 bridgehead atoms. The van der Waals surface area contributed by atoms with Crippen molar-refractivity contribution >= 4 is 39.1 Å². The maximum atomic E-state index is 14.2. The Labute approximate surface area is 247 Å². The average molecular weight is 598 g/mol. The van der Waals surface area contributed by atoms with Gasteiger partial charge in [-0.25, -0.2) is 8.42 Å². The SMILES string of the molecule is CC[C@@H](C(=O)NC1CCCC1)N(Cc1cccc(OC)c1)C(=O)CN(c1cccc(Cl)c1)S(=O)(=O)c1ccccc1. The van der Waals surface area contributed by atoms with E-state index >= 15 is 0 Å². The van der Waals surface area contributed by atoms with Crippen LogP contribution in [0.4, 0.5) is 5.69 Å². The Kier molecular flexibility index (Phi) is 10.3. The Hall–Kier alpha value is -3.56. The molecular formula is C31H36ClN3O5S. The van der Waals surface area contributed by atoms with Crippen molar-refractivity contribution in [3.05, 3.63) is 89.4 Å². The summed E-state index contributed by atoms with van der Waals surface area (Å²) in [4.78, 5) is 29.2. The van der Waals surface area contributed by atoms with E-state index in [1.807, 2.05) is 19.1 Å². The number of hydrogen-bond acceptors (Lipinski definition) is 5. The number of anilines is 1. The first-order chi connectivity index (χ1) is 19.7. The number of benzene rings is 3. The minimum absolute atomic E-state index is 0.0399. The van der Waals surface area contributed by atoms with Gasteiger partial charge >= 0.3 is 0 Å². The van der Waals surface area contributed by atoms with Crippen LogP contribution in [0, 0.1) is 0 Å². The summed E-state index contributed by atoms with van der Waals surface area (Å²) in [5.74, 6) is -0.137. The third-order valence-corrected chi connectivity index (χ3v) is 9.30. The first-order valence-corrected chi connectivity index (χ1v) is 15.6. The van der Waals surface area contributed by atoms with Crippen LogP contribution in [0.5, 0.6) is 5.75 Å². The largest absolute Gasteiger partial charge is 0.497 e. The number of carbonyl (C=O) groups is 2. The number of hydrogen-bond donors (Lipinski definition) is 1. The number of rotatable bonds is 12. The predicted molar refractivity (Wildman–Crippen MR) is 160 cm³/mol. The second-order valence-corrected chi connectivity index (χ2v) is 12.4. The van der Waals surface area contributed by atoms with Crippen molar-refractivity contribution in [3.8, 4) is 5.75 Å². The highest BCUT2D eigenvalue weighted by Crippen LogP contribution is 2.27. The maximum absolute atomic E-state index is 14.2. The van der Waals surface area contributed by atoms with Crippen LogP contribution in [-0.4, -0.2) is 50.9 Å². The number of sulfonamides is 1. The van der Waals surface area contributed by atoms with Gasteiger partial charge in [0.15, 0.2) is 0 Å². The smallest absolute Gasteiger partial charge is 0.264 e. The van der Waals surface area contributed by atoms with Crippen LogP contribution in [-0.2, 0) is 26.2 Å². The van der Waals surface area contributed by atoms with Gasteiger partial charge in [-0.15, -0.1) is 0 Å². The van der Waals surface area contributed by atoms with E-state index in [0.29, 0.717) is 17.2 Å². The summed E-state index contributed by atoms with van der Waals surface area (Å²) in [6.45, 7) is 1.43. The third kappa shape index (κ3) is 7.59. The number of nitrogens with one attached hydrogen (secondary N) is 1. The highest BCUT2D eigenvalue weighted by atomic mass is 35.5. The maximum Gasteiger partial charge on any atom is 0.264 e. The predicted octanol–water partition coefficient (Wildman–Crippen LogP) is 5.41. The van der Waals surface area contributed by atoms with Crippen molar-refractivity contribution in [2.75, 3.05) is 18.0 Å². The summed E-state index contributed by atoms with van der Waals surface area (Å²) in [6, 6.07) is 20.8. The molecule has 0 saturated heterocycles. The first-order valence-electron chi connectivity index (χ1n) is 13.8. The number of halogens is 1. The van der Waals surface area contributed by atoms with Crippen molar-refractivity contribution < 1.29 is 22.7 Å². The lowest BCUT2D eigenvalue weighted by atomic mass is 10.1. The molecule has 0 aromatic heterocycles. The molecule has 0 aliphatic heterocycles. The van der Waals surface area contributed by atoms with Crippen LogP contribution in [0.2, 0.25) is 5.02 Å². The van der Waals surface area contributed by atoms with E-state index in [1.54, 1.807) is 55.6 Å². The number of nitrogens with zero attached hydrogens (tertiary/aromatic N) is 2. The second-order valence-electron chi connectivity index (χ2n) is 10.1. The lowest BCUT2D eigenvalue weighted by molar-refractivity contribution is -0.140. The number of carbonyl (C=O) groups excluding carboxylic acids is 2. The zero-order valence-corrected chi connectivity index (χ0v) is 24.9. The summed E-state index contributed by atoms with van der Waals surface area (Å²) in [5, 5.41) is 3.45. The van der Waals surface area contributed by atoms with Gasteiger partial charge in [-0.3, -0.25) is 13.9 Å². The van der Waals surface area contributed by atoms with Gasteiger partial charge in [0.2, 0.25) is 11.8 Å². The Morgan fingerprint density at radius 1 is 1.00 bits per heavy atom. The molecule has 0 heterocycles.